The fraction of sp³-hybridized carbons (Fsp3) is 0.438. The maximum absolute atomic E-state index is 5.84. The molecule has 6 heteroatoms. The summed E-state index contributed by atoms with van der Waals surface area (Å²) in [5, 5.41) is 3.12. The molecule has 0 aliphatic carbocycles. The molecule has 0 unspecified atom stereocenters. The van der Waals surface area contributed by atoms with Crippen molar-refractivity contribution in [2.45, 2.75) is 33.7 Å². The predicted molar refractivity (Wildman–Crippen MR) is 88.9 cm³/mol. The van der Waals surface area contributed by atoms with Crippen molar-refractivity contribution in [2.75, 3.05) is 6.54 Å². The van der Waals surface area contributed by atoms with Crippen molar-refractivity contribution in [3.05, 3.63) is 42.1 Å². The second-order valence-electron chi connectivity index (χ2n) is 5.68. The molecular formula is C16H24N6. The summed E-state index contributed by atoms with van der Waals surface area (Å²) in [6.07, 6.45) is 6.56. The first-order chi connectivity index (χ1) is 10.6. The zero-order valence-corrected chi connectivity index (χ0v) is 13.5. The lowest BCUT2D eigenvalue weighted by Gasteiger charge is -2.08. The lowest BCUT2D eigenvalue weighted by Crippen LogP contribution is -2.32. The topological polar surface area (TPSA) is 81.1 Å². The van der Waals surface area contributed by atoms with E-state index in [1.165, 1.54) is 0 Å². The zero-order valence-electron chi connectivity index (χ0n) is 13.5. The fourth-order valence-electron chi connectivity index (χ4n) is 1.99. The van der Waals surface area contributed by atoms with Gasteiger partial charge in [0.15, 0.2) is 5.96 Å². The Kier molecular flexibility index (Phi) is 5.52. The second kappa shape index (κ2) is 7.59. The van der Waals surface area contributed by atoms with Crippen LogP contribution in [0.25, 0.3) is 5.82 Å². The third-order valence-corrected chi connectivity index (χ3v) is 3.34. The summed E-state index contributed by atoms with van der Waals surface area (Å²) < 4.78 is 1.94. The Morgan fingerprint density at radius 3 is 2.77 bits per heavy atom. The Balaban J connectivity index is 1.90. The quantitative estimate of drug-likeness (QED) is 0.632. The van der Waals surface area contributed by atoms with E-state index in [1.54, 1.807) is 6.20 Å². The number of guanidine groups is 1. The summed E-state index contributed by atoms with van der Waals surface area (Å²) in [5.74, 6) is 2.90. The van der Waals surface area contributed by atoms with E-state index in [2.05, 4.69) is 34.1 Å². The third kappa shape index (κ3) is 4.58. The van der Waals surface area contributed by atoms with Gasteiger partial charge in [-0.05, 0) is 30.9 Å². The van der Waals surface area contributed by atoms with Crippen LogP contribution in [0.3, 0.4) is 0 Å². The number of hydrogen-bond donors (Lipinski definition) is 2. The number of imidazole rings is 1. The molecule has 2 aromatic rings. The van der Waals surface area contributed by atoms with E-state index in [-0.39, 0.29) is 0 Å². The van der Waals surface area contributed by atoms with E-state index in [4.69, 9.17) is 5.73 Å². The molecule has 0 atom stereocenters. The molecular weight excluding hydrogens is 276 g/mol. The largest absolute Gasteiger partial charge is 0.370 e. The maximum Gasteiger partial charge on any atom is 0.188 e. The van der Waals surface area contributed by atoms with Crippen LogP contribution in [0.5, 0.6) is 0 Å². The average molecular weight is 300 g/mol. The van der Waals surface area contributed by atoms with Crippen LogP contribution in [0.4, 0.5) is 0 Å². The van der Waals surface area contributed by atoms with Gasteiger partial charge < -0.3 is 11.1 Å². The first kappa shape index (κ1) is 16.0. The SMILES string of the molecule is Cc1nccn1-c1ccc(CN=C(N)NCCC(C)C)cn1. The lowest BCUT2D eigenvalue weighted by atomic mass is 10.1. The van der Waals surface area contributed by atoms with Gasteiger partial charge in [0.2, 0.25) is 0 Å². The van der Waals surface area contributed by atoms with E-state index < -0.39 is 0 Å². The van der Waals surface area contributed by atoms with Gasteiger partial charge in [-0.2, -0.15) is 0 Å². The van der Waals surface area contributed by atoms with Gasteiger partial charge in [0.25, 0.3) is 0 Å². The monoisotopic (exact) mass is 300 g/mol. The van der Waals surface area contributed by atoms with Crippen LogP contribution in [-0.4, -0.2) is 27.0 Å². The standard InChI is InChI=1S/C16H24N6/c1-12(2)6-7-19-16(17)21-11-14-4-5-15(20-10-14)22-9-8-18-13(22)3/h4-5,8-10,12H,6-7,11H2,1-3H3,(H3,17,19,21). The summed E-state index contributed by atoms with van der Waals surface area (Å²) in [6.45, 7) is 7.69. The fourth-order valence-corrected chi connectivity index (χ4v) is 1.99. The summed E-state index contributed by atoms with van der Waals surface area (Å²) >= 11 is 0. The molecule has 2 heterocycles. The normalized spacial score (nSPS) is 11.9. The molecule has 0 aliphatic rings. The molecule has 0 saturated carbocycles. The van der Waals surface area contributed by atoms with Gasteiger partial charge in [0.05, 0.1) is 6.54 Å². The zero-order chi connectivity index (χ0) is 15.9. The summed E-state index contributed by atoms with van der Waals surface area (Å²) in [4.78, 5) is 13.0. The summed E-state index contributed by atoms with van der Waals surface area (Å²) in [6, 6.07) is 3.97. The number of nitrogens with one attached hydrogen (secondary N) is 1. The van der Waals surface area contributed by atoms with Crippen LogP contribution >= 0.6 is 0 Å². The van der Waals surface area contributed by atoms with E-state index in [9.17, 15) is 0 Å². The van der Waals surface area contributed by atoms with Crippen molar-refractivity contribution >= 4 is 5.96 Å². The van der Waals surface area contributed by atoms with Crippen LogP contribution in [0.2, 0.25) is 0 Å². The Hall–Kier alpha value is -2.37. The van der Waals surface area contributed by atoms with Gasteiger partial charge in [-0.3, -0.25) is 4.57 Å². The molecule has 0 spiro atoms. The van der Waals surface area contributed by atoms with Crippen molar-refractivity contribution in [2.24, 2.45) is 16.6 Å². The predicted octanol–water partition coefficient (Wildman–Crippen LogP) is 2.03. The van der Waals surface area contributed by atoms with Gasteiger partial charge in [0.1, 0.15) is 11.6 Å². The highest BCUT2D eigenvalue weighted by Gasteiger charge is 2.02. The number of nitrogens with zero attached hydrogens (tertiary/aromatic N) is 4. The van der Waals surface area contributed by atoms with Crippen molar-refractivity contribution in [3.8, 4) is 5.82 Å². The van der Waals surface area contributed by atoms with E-state index in [0.29, 0.717) is 18.4 Å². The highest BCUT2D eigenvalue weighted by Crippen LogP contribution is 2.08. The number of aliphatic imine (C=N–C) groups is 1. The first-order valence-corrected chi connectivity index (χ1v) is 7.55. The summed E-state index contributed by atoms with van der Waals surface area (Å²) in [5.41, 5.74) is 6.86. The van der Waals surface area contributed by atoms with Crippen molar-refractivity contribution in [1.82, 2.24) is 19.9 Å². The number of nitrogens with two attached hydrogens (primary N) is 1. The molecule has 6 nitrogen and oxygen atoms in total. The number of aromatic nitrogens is 3. The average Bonchev–Trinajstić information content (AvgIpc) is 2.91. The molecule has 0 bridgehead atoms. The van der Waals surface area contributed by atoms with Crippen molar-refractivity contribution < 1.29 is 0 Å². The Labute approximate surface area is 131 Å². The van der Waals surface area contributed by atoms with Crippen LogP contribution in [0.1, 0.15) is 31.7 Å². The molecule has 0 radical (unpaired) electrons. The van der Waals surface area contributed by atoms with Crippen molar-refractivity contribution in [1.29, 1.82) is 0 Å². The molecule has 0 aromatic carbocycles. The van der Waals surface area contributed by atoms with Crippen LogP contribution in [-0.2, 0) is 6.54 Å². The van der Waals surface area contributed by atoms with Crippen molar-refractivity contribution in [3.63, 3.8) is 0 Å². The lowest BCUT2D eigenvalue weighted by molar-refractivity contribution is 0.576. The van der Waals surface area contributed by atoms with Crippen LogP contribution in [0, 0.1) is 12.8 Å². The number of pyridine rings is 1. The van der Waals surface area contributed by atoms with Gasteiger partial charge in [0, 0.05) is 25.1 Å². The smallest absolute Gasteiger partial charge is 0.188 e. The minimum Gasteiger partial charge on any atom is -0.370 e. The van der Waals surface area contributed by atoms with Crippen LogP contribution < -0.4 is 11.1 Å². The molecule has 0 saturated heterocycles. The highest BCUT2D eigenvalue weighted by atomic mass is 15.1. The molecule has 0 aliphatic heterocycles. The molecule has 0 amide bonds. The Bertz CT molecular complexity index is 612. The Morgan fingerprint density at radius 2 is 2.18 bits per heavy atom. The van der Waals surface area contributed by atoms with E-state index >= 15 is 0 Å². The number of rotatable bonds is 6. The molecule has 0 fully saturated rings. The Morgan fingerprint density at radius 1 is 1.36 bits per heavy atom. The molecule has 2 aromatic heterocycles. The van der Waals surface area contributed by atoms with Crippen LogP contribution in [0.15, 0.2) is 35.7 Å². The second-order valence-corrected chi connectivity index (χ2v) is 5.68. The molecule has 22 heavy (non-hydrogen) atoms. The minimum atomic E-state index is 0.482. The number of aryl methyl sites for hydroxylation is 1. The first-order valence-electron chi connectivity index (χ1n) is 7.55. The minimum absolute atomic E-state index is 0.482. The molecule has 118 valence electrons. The maximum atomic E-state index is 5.84. The summed E-state index contributed by atoms with van der Waals surface area (Å²) in [7, 11) is 0. The van der Waals surface area contributed by atoms with E-state index in [1.807, 2.05) is 36.0 Å². The van der Waals surface area contributed by atoms with E-state index in [0.717, 1.165) is 30.2 Å². The number of hydrogen-bond acceptors (Lipinski definition) is 3. The molecule has 2 rings (SSSR count). The highest BCUT2D eigenvalue weighted by molar-refractivity contribution is 5.77. The van der Waals surface area contributed by atoms with Gasteiger partial charge >= 0.3 is 0 Å². The van der Waals surface area contributed by atoms with Gasteiger partial charge in [-0.25, -0.2) is 15.0 Å². The third-order valence-electron chi connectivity index (χ3n) is 3.34. The van der Waals surface area contributed by atoms with Gasteiger partial charge in [-0.1, -0.05) is 19.9 Å². The van der Waals surface area contributed by atoms with Gasteiger partial charge in [-0.15, -0.1) is 0 Å². The molecule has 3 N–H and O–H groups in total.